The Morgan fingerprint density at radius 1 is 1.29 bits per heavy atom. The highest BCUT2D eigenvalue weighted by Gasteiger charge is 2.14. The molecule has 4 heteroatoms. The molecule has 2 aromatic rings. The number of H-pyrrole nitrogens is 1. The smallest absolute Gasteiger partial charge is 0.270 e. The molecular formula is C13H17N3O. The summed E-state index contributed by atoms with van der Waals surface area (Å²) in [6.07, 6.45) is 0. The van der Waals surface area contributed by atoms with Gasteiger partial charge in [-0.15, -0.1) is 0 Å². The van der Waals surface area contributed by atoms with E-state index in [1.165, 1.54) is 0 Å². The highest BCUT2D eigenvalue weighted by Crippen LogP contribution is 2.19. The van der Waals surface area contributed by atoms with Gasteiger partial charge in [-0.05, 0) is 38.1 Å². The number of rotatable bonds is 3. The lowest BCUT2D eigenvalue weighted by atomic mass is 10.2. The number of carbonyl (C=O) groups excluding carboxylic acids is 1. The fourth-order valence-electron chi connectivity index (χ4n) is 1.95. The van der Waals surface area contributed by atoms with Gasteiger partial charge in [-0.3, -0.25) is 4.79 Å². The van der Waals surface area contributed by atoms with Crippen LogP contribution in [0, 0.1) is 0 Å². The molecule has 1 aromatic carbocycles. The van der Waals surface area contributed by atoms with Gasteiger partial charge in [0.05, 0.1) is 0 Å². The molecular weight excluding hydrogens is 214 g/mol. The molecule has 4 nitrogen and oxygen atoms in total. The van der Waals surface area contributed by atoms with Crippen LogP contribution in [0.2, 0.25) is 0 Å². The third-order valence-corrected chi connectivity index (χ3v) is 2.93. The molecule has 0 radical (unpaired) electrons. The van der Waals surface area contributed by atoms with Gasteiger partial charge in [-0.2, -0.15) is 0 Å². The van der Waals surface area contributed by atoms with Crippen molar-refractivity contribution in [2.24, 2.45) is 0 Å². The highest BCUT2D eigenvalue weighted by atomic mass is 16.2. The number of nitrogens with zero attached hydrogens (tertiary/aromatic N) is 1. The Morgan fingerprint density at radius 3 is 2.65 bits per heavy atom. The third kappa shape index (κ3) is 2.11. The van der Waals surface area contributed by atoms with Crippen LogP contribution in [0.1, 0.15) is 24.3 Å². The Morgan fingerprint density at radius 2 is 2.00 bits per heavy atom. The Balaban J connectivity index is 2.39. The first-order chi connectivity index (χ1) is 8.15. The molecule has 0 aliphatic carbocycles. The van der Waals surface area contributed by atoms with Crippen molar-refractivity contribution in [2.45, 2.75) is 13.8 Å². The Labute approximate surface area is 100 Å². The third-order valence-electron chi connectivity index (χ3n) is 2.93. The summed E-state index contributed by atoms with van der Waals surface area (Å²) in [5.74, 6) is 0.0322. The first kappa shape index (κ1) is 11.5. The van der Waals surface area contributed by atoms with Gasteiger partial charge < -0.3 is 15.6 Å². The Bertz CT molecular complexity index is 541. The summed E-state index contributed by atoms with van der Waals surface area (Å²) < 4.78 is 0. The predicted molar refractivity (Wildman–Crippen MR) is 70.0 cm³/mol. The fourth-order valence-corrected chi connectivity index (χ4v) is 1.95. The molecule has 90 valence electrons. The van der Waals surface area contributed by atoms with Crippen LogP contribution in [0.4, 0.5) is 5.69 Å². The van der Waals surface area contributed by atoms with E-state index in [4.69, 9.17) is 5.73 Å². The van der Waals surface area contributed by atoms with Crippen LogP contribution in [0.3, 0.4) is 0 Å². The summed E-state index contributed by atoms with van der Waals surface area (Å²) in [6.45, 7) is 5.38. The monoisotopic (exact) mass is 231 g/mol. The number of aromatic nitrogens is 1. The second kappa shape index (κ2) is 4.49. The van der Waals surface area contributed by atoms with E-state index in [1.807, 2.05) is 38.1 Å². The first-order valence-corrected chi connectivity index (χ1v) is 5.83. The molecule has 0 aliphatic rings. The van der Waals surface area contributed by atoms with Crippen LogP contribution in [0.15, 0.2) is 24.3 Å². The maximum Gasteiger partial charge on any atom is 0.270 e. The minimum atomic E-state index is 0.0322. The number of nitrogen functional groups attached to an aromatic ring is 1. The second-order valence-electron chi connectivity index (χ2n) is 4.01. The van der Waals surface area contributed by atoms with E-state index in [9.17, 15) is 4.79 Å². The van der Waals surface area contributed by atoms with Gasteiger partial charge in [-0.25, -0.2) is 0 Å². The normalized spacial score (nSPS) is 10.7. The molecule has 0 unspecified atom stereocenters. The molecule has 17 heavy (non-hydrogen) atoms. The van der Waals surface area contributed by atoms with Crippen molar-refractivity contribution < 1.29 is 4.79 Å². The molecule has 2 rings (SSSR count). The van der Waals surface area contributed by atoms with E-state index < -0.39 is 0 Å². The lowest BCUT2D eigenvalue weighted by Crippen LogP contribution is -2.30. The number of hydrogen-bond acceptors (Lipinski definition) is 2. The summed E-state index contributed by atoms with van der Waals surface area (Å²) in [6, 6.07) is 7.44. The summed E-state index contributed by atoms with van der Waals surface area (Å²) in [5.41, 5.74) is 7.98. The minimum Gasteiger partial charge on any atom is -0.399 e. The van der Waals surface area contributed by atoms with Gasteiger partial charge in [-0.1, -0.05) is 0 Å². The average Bonchev–Trinajstić information content (AvgIpc) is 2.73. The number of fused-ring (bicyclic) bond motifs is 1. The number of anilines is 1. The van der Waals surface area contributed by atoms with E-state index in [1.54, 1.807) is 4.90 Å². The van der Waals surface area contributed by atoms with Crippen molar-refractivity contribution >= 4 is 22.5 Å². The Kier molecular flexibility index (Phi) is 3.04. The first-order valence-electron chi connectivity index (χ1n) is 5.83. The van der Waals surface area contributed by atoms with Crippen LogP contribution in [-0.4, -0.2) is 28.9 Å². The Hall–Kier alpha value is -1.97. The lowest BCUT2D eigenvalue weighted by Gasteiger charge is -2.17. The molecule has 0 spiro atoms. The number of carbonyl (C=O) groups is 1. The van der Waals surface area contributed by atoms with Crippen molar-refractivity contribution in [3.8, 4) is 0 Å². The van der Waals surface area contributed by atoms with E-state index in [0.29, 0.717) is 24.5 Å². The fraction of sp³-hybridized carbons (Fsp3) is 0.308. The van der Waals surface area contributed by atoms with E-state index in [2.05, 4.69) is 4.98 Å². The van der Waals surface area contributed by atoms with Crippen molar-refractivity contribution in [1.29, 1.82) is 0 Å². The van der Waals surface area contributed by atoms with Gasteiger partial charge >= 0.3 is 0 Å². The molecule has 0 aliphatic heterocycles. The van der Waals surface area contributed by atoms with Crippen molar-refractivity contribution in [3.63, 3.8) is 0 Å². The predicted octanol–water partition coefficient (Wildman–Crippen LogP) is 2.23. The average molecular weight is 231 g/mol. The van der Waals surface area contributed by atoms with Crippen LogP contribution >= 0.6 is 0 Å². The largest absolute Gasteiger partial charge is 0.399 e. The highest BCUT2D eigenvalue weighted by molar-refractivity contribution is 5.98. The van der Waals surface area contributed by atoms with Crippen molar-refractivity contribution in [1.82, 2.24) is 9.88 Å². The summed E-state index contributed by atoms with van der Waals surface area (Å²) in [4.78, 5) is 17.0. The molecule has 0 saturated heterocycles. The zero-order chi connectivity index (χ0) is 12.4. The van der Waals surface area contributed by atoms with Gasteiger partial charge in [0, 0.05) is 29.7 Å². The molecule has 0 saturated carbocycles. The van der Waals surface area contributed by atoms with Crippen LogP contribution in [-0.2, 0) is 0 Å². The summed E-state index contributed by atoms with van der Waals surface area (Å²) in [5, 5.41) is 0.973. The topological polar surface area (TPSA) is 62.1 Å². The molecule has 0 atom stereocenters. The molecule has 1 aromatic heterocycles. The van der Waals surface area contributed by atoms with Crippen molar-refractivity contribution in [3.05, 3.63) is 30.0 Å². The number of amides is 1. The molecule has 1 heterocycles. The van der Waals surface area contributed by atoms with Gasteiger partial charge in [0.25, 0.3) is 5.91 Å². The quantitative estimate of drug-likeness (QED) is 0.796. The molecule has 0 fully saturated rings. The van der Waals surface area contributed by atoms with E-state index in [0.717, 1.165) is 10.9 Å². The second-order valence-corrected chi connectivity index (χ2v) is 4.01. The maximum absolute atomic E-state index is 12.1. The maximum atomic E-state index is 12.1. The number of nitrogens with one attached hydrogen (secondary N) is 1. The van der Waals surface area contributed by atoms with E-state index in [-0.39, 0.29) is 5.91 Å². The SMILES string of the molecule is CCN(CC)C(=O)c1cc2cc(N)ccc2[nH]1. The zero-order valence-electron chi connectivity index (χ0n) is 10.2. The standard InChI is InChI=1S/C13H17N3O/c1-3-16(4-2)13(17)12-8-9-7-10(14)5-6-11(9)15-12/h5-8,15H,3-4,14H2,1-2H3. The number of nitrogens with two attached hydrogens (primary N) is 1. The van der Waals surface area contributed by atoms with Gasteiger partial charge in [0.15, 0.2) is 0 Å². The molecule has 1 amide bonds. The zero-order valence-corrected chi connectivity index (χ0v) is 10.2. The number of benzene rings is 1. The van der Waals surface area contributed by atoms with Crippen LogP contribution in [0.25, 0.3) is 10.9 Å². The van der Waals surface area contributed by atoms with Crippen LogP contribution in [0.5, 0.6) is 0 Å². The van der Waals surface area contributed by atoms with Crippen molar-refractivity contribution in [2.75, 3.05) is 18.8 Å². The van der Waals surface area contributed by atoms with Gasteiger partial charge in [0.1, 0.15) is 5.69 Å². The molecule has 3 N–H and O–H groups in total. The lowest BCUT2D eigenvalue weighted by molar-refractivity contribution is 0.0768. The summed E-state index contributed by atoms with van der Waals surface area (Å²) in [7, 11) is 0. The summed E-state index contributed by atoms with van der Waals surface area (Å²) >= 11 is 0. The van der Waals surface area contributed by atoms with E-state index >= 15 is 0 Å². The van der Waals surface area contributed by atoms with Gasteiger partial charge in [0.2, 0.25) is 0 Å². The minimum absolute atomic E-state index is 0.0322. The molecule has 0 bridgehead atoms. The van der Waals surface area contributed by atoms with Crippen LogP contribution < -0.4 is 5.73 Å². The number of hydrogen-bond donors (Lipinski definition) is 2. The number of aromatic amines is 1.